The number of nitrogens with zero attached hydrogens (tertiary/aromatic N) is 3. The molecule has 1 aliphatic heterocycles. The van der Waals surface area contributed by atoms with Gasteiger partial charge in [0.05, 0.1) is 29.8 Å². The average Bonchev–Trinajstić information content (AvgIpc) is 2.87. The highest BCUT2D eigenvalue weighted by Crippen LogP contribution is 2.30. The van der Waals surface area contributed by atoms with Crippen LogP contribution in [0.15, 0.2) is 42.5 Å². The van der Waals surface area contributed by atoms with E-state index in [1.54, 1.807) is 25.1 Å². The molecule has 6 nitrogen and oxygen atoms in total. The summed E-state index contributed by atoms with van der Waals surface area (Å²) in [6.45, 7) is 1.29. The lowest BCUT2D eigenvalue weighted by molar-refractivity contribution is -0.131. The lowest BCUT2D eigenvalue weighted by atomic mass is 9.91. The highest BCUT2D eigenvalue weighted by Gasteiger charge is 2.49. The van der Waals surface area contributed by atoms with Crippen LogP contribution in [0.25, 0.3) is 0 Å². The van der Waals surface area contributed by atoms with Crippen LogP contribution >= 0.6 is 0 Å². The summed E-state index contributed by atoms with van der Waals surface area (Å²) >= 11 is 0. The molecule has 0 bridgehead atoms. The number of amides is 3. The Labute approximate surface area is 149 Å². The first-order valence-electron chi connectivity index (χ1n) is 7.72. The zero-order chi connectivity index (χ0) is 18.9. The Bertz CT molecular complexity index is 1010. The van der Waals surface area contributed by atoms with Crippen LogP contribution in [-0.4, -0.2) is 16.8 Å². The SMILES string of the molecule is CC1(c2cccc(C#N)c2)NC(=O)N(Cc2ccc(C#N)cc2F)C1=O. The van der Waals surface area contributed by atoms with Crippen LogP contribution in [0.1, 0.15) is 29.2 Å². The molecule has 0 spiro atoms. The van der Waals surface area contributed by atoms with Gasteiger partial charge in [-0.05, 0) is 36.8 Å². The topological polar surface area (TPSA) is 97.0 Å². The van der Waals surface area contributed by atoms with Crippen molar-refractivity contribution in [3.63, 3.8) is 0 Å². The fraction of sp³-hybridized carbons (Fsp3) is 0.158. The summed E-state index contributed by atoms with van der Waals surface area (Å²) in [7, 11) is 0. The molecule has 7 heteroatoms. The van der Waals surface area contributed by atoms with Crippen LogP contribution in [0, 0.1) is 28.5 Å². The number of nitrogens with one attached hydrogen (secondary N) is 1. The molecule has 128 valence electrons. The van der Waals surface area contributed by atoms with Gasteiger partial charge in [-0.1, -0.05) is 18.2 Å². The lowest BCUT2D eigenvalue weighted by Crippen LogP contribution is -2.40. The molecule has 1 unspecified atom stereocenters. The van der Waals surface area contributed by atoms with Gasteiger partial charge in [-0.15, -0.1) is 0 Å². The highest BCUT2D eigenvalue weighted by atomic mass is 19.1. The molecule has 1 aliphatic rings. The summed E-state index contributed by atoms with van der Waals surface area (Å²) in [6.07, 6.45) is 0. The fourth-order valence-electron chi connectivity index (χ4n) is 2.85. The third-order valence-electron chi connectivity index (χ3n) is 4.35. The third-order valence-corrected chi connectivity index (χ3v) is 4.35. The summed E-state index contributed by atoms with van der Waals surface area (Å²) in [5, 5.41) is 20.4. The van der Waals surface area contributed by atoms with Gasteiger partial charge in [0.15, 0.2) is 0 Å². The Morgan fingerprint density at radius 1 is 1.12 bits per heavy atom. The molecule has 1 atom stereocenters. The van der Waals surface area contributed by atoms with E-state index in [9.17, 15) is 14.0 Å². The fourth-order valence-corrected chi connectivity index (χ4v) is 2.85. The first-order valence-corrected chi connectivity index (χ1v) is 7.72. The number of hydrogen-bond acceptors (Lipinski definition) is 4. The number of benzene rings is 2. The van der Waals surface area contributed by atoms with Crippen LogP contribution in [0.2, 0.25) is 0 Å². The molecular weight excluding hydrogens is 335 g/mol. The minimum atomic E-state index is -1.34. The van der Waals surface area contributed by atoms with Crippen molar-refractivity contribution < 1.29 is 14.0 Å². The molecule has 3 rings (SSSR count). The van der Waals surface area contributed by atoms with E-state index in [2.05, 4.69) is 5.32 Å². The molecule has 3 amide bonds. The van der Waals surface area contributed by atoms with Gasteiger partial charge in [-0.25, -0.2) is 9.18 Å². The second-order valence-corrected chi connectivity index (χ2v) is 6.06. The number of rotatable bonds is 3. The molecule has 2 aromatic rings. The molecule has 0 radical (unpaired) electrons. The van der Waals surface area contributed by atoms with E-state index in [1.807, 2.05) is 12.1 Å². The van der Waals surface area contributed by atoms with E-state index in [1.165, 1.54) is 18.2 Å². The second kappa shape index (κ2) is 6.30. The largest absolute Gasteiger partial charge is 0.325 e. The number of imide groups is 1. The maximum atomic E-state index is 14.1. The lowest BCUT2D eigenvalue weighted by Gasteiger charge is -2.22. The second-order valence-electron chi connectivity index (χ2n) is 6.06. The predicted octanol–water partition coefficient (Wildman–Crippen LogP) is 2.54. The van der Waals surface area contributed by atoms with Gasteiger partial charge < -0.3 is 5.32 Å². The first kappa shape index (κ1) is 17.1. The number of nitriles is 2. The van der Waals surface area contributed by atoms with Crippen molar-refractivity contribution >= 4 is 11.9 Å². The minimum absolute atomic E-state index is 0.127. The van der Waals surface area contributed by atoms with Crippen molar-refractivity contribution in [1.29, 1.82) is 10.5 Å². The van der Waals surface area contributed by atoms with Crippen LogP contribution in [0.4, 0.5) is 9.18 Å². The van der Waals surface area contributed by atoms with Gasteiger partial charge in [-0.2, -0.15) is 10.5 Å². The summed E-state index contributed by atoms with van der Waals surface area (Å²) in [4.78, 5) is 26.1. The van der Waals surface area contributed by atoms with Crippen molar-refractivity contribution in [2.24, 2.45) is 0 Å². The molecule has 26 heavy (non-hydrogen) atoms. The van der Waals surface area contributed by atoms with Crippen molar-refractivity contribution in [1.82, 2.24) is 10.2 Å². The zero-order valence-corrected chi connectivity index (χ0v) is 13.8. The summed E-state index contributed by atoms with van der Waals surface area (Å²) in [6, 6.07) is 13.4. The molecular formula is C19H13FN4O2. The van der Waals surface area contributed by atoms with Crippen LogP contribution in [0.5, 0.6) is 0 Å². The van der Waals surface area contributed by atoms with Crippen molar-refractivity contribution in [3.8, 4) is 12.1 Å². The zero-order valence-electron chi connectivity index (χ0n) is 13.8. The molecule has 1 heterocycles. The number of urea groups is 1. The summed E-state index contributed by atoms with van der Waals surface area (Å²) in [5.41, 5.74) is -0.225. The van der Waals surface area contributed by atoms with E-state index in [0.717, 1.165) is 11.0 Å². The maximum Gasteiger partial charge on any atom is 0.325 e. The molecule has 0 aliphatic carbocycles. The maximum absolute atomic E-state index is 14.1. The first-order chi connectivity index (χ1) is 12.4. The Balaban J connectivity index is 1.92. The van der Waals surface area contributed by atoms with Crippen molar-refractivity contribution in [2.75, 3.05) is 0 Å². The number of halogens is 1. The van der Waals surface area contributed by atoms with Gasteiger partial charge in [0, 0.05) is 5.56 Å². The normalized spacial score (nSPS) is 19.0. The quantitative estimate of drug-likeness (QED) is 0.862. The minimum Gasteiger partial charge on any atom is -0.319 e. The standard InChI is InChI=1S/C19H13FN4O2/c1-19(15-4-2-3-12(7-15)9-21)17(25)24(18(26)23-19)11-14-6-5-13(10-22)8-16(14)20/h2-8H,11H2,1H3,(H,23,26). The Morgan fingerprint density at radius 2 is 1.81 bits per heavy atom. The Morgan fingerprint density at radius 3 is 2.46 bits per heavy atom. The smallest absolute Gasteiger partial charge is 0.319 e. The van der Waals surface area contributed by atoms with E-state index < -0.39 is 23.3 Å². The molecule has 1 saturated heterocycles. The van der Waals surface area contributed by atoms with Gasteiger partial charge in [0.1, 0.15) is 11.4 Å². The van der Waals surface area contributed by atoms with Gasteiger partial charge in [0.2, 0.25) is 0 Å². The predicted molar refractivity (Wildman–Crippen MR) is 88.7 cm³/mol. The van der Waals surface area contributed by atoms with E-state index in [0.29, 0.717) is 11.1 Å². The Kier molecular flexibility index (Phi) is 4.15. The molecule has 1 fully saturated rings. The van der Waals surface area contributed by atoms with Crippen molar-refractivity contribution in [3.05, 3.63) is 70.5 Å². The molecule has 2 aromatic carbocycles. The van der Waals surface area contributed by atoms with Crippen molar-refractivity contribution in [2.45, 2.75) is 19.0 Å². The third kappa shape index (κ3) is 2.76. The van der Waals surface area contributed by atoms with Crippen LogP contribution in [0.3, 0.4) is 0 Å². The number of carbonyl (C=O) groups excluding carboxylic acids is 2. The molecule has 0 aromatic heterocycles. The van der Waals surface area contributed by atoms with E-state index in [4.69, 9.17) is 10.5 Å². The number of carbonyl (C=O) groups is 2. The monoisotopic (exact) mass is 348 g/mol. The highest BCUT2D eigenvalue weighted by molar-refractivity contribution is 6.07. The molecule has 1 N–H and O–H groups in total. The van der Waals surface area contributed by atoms with Gasteiger partial charge >= 0.3 is 6.03 Å². The number of hydrogen-bond donors (Lipinski definition) is 1. The summed E-state index contributed by atoms with van der Waals surface area (Å²) < 4.78 is 14.1. The van der Waals surface area contributed by atoms with Crippen LogP contribution < -0.4 is 5.32 Å². The molecule has 0 saturated carbocycles. The van der Waals surface area contributed by atoms with Gasteiger partial charge in [0.25, 0.3) is 5.91 Å². The Hall–Kier alpha value is -3.71. The van der Waals surface area contributed by atoms with Crippen LogP contribution in [-0.2, 0) is 16.9 Å². The average molecular weight is 348 g/mol. The van der Waals surface area contributed by atoms with Gasteiger partial charge in [-0.3, -0.25) is 9.69 Å². The van der Waals surface area contributed by atoms with E-state index in [-0.39, 0.29) is 17.7 Å². The summed E-state index contributed by atoms with van der Waals surface area (Å²) in [5.74, 6) is -1.20. The van der Waals surface area contributed by atoms with E-state index >= 15 is 0 Å².